The molecule has 152 valence electrons. The predicted molar refractivity (Wildman–Crippen MR) is 124 cm³/mol. The van der Waals surface area contributed by atoms with E-state index < -0.39 is 0 Å². The second-order valence-corrected chi connectivity index (χ2v) is 6.94. The number of morpholine rings is 1. The minimum Gasteiger partial charge on any atom is -0.372 e. The topological polar surface area (TPSA) is 53.0 Å². The Morgan fingerprint density at radius 3 is 2.67 bits per heavy atom. The van der Waals surface area contributed by atoms with Gasteiger partial charge in [-0.1, -0.05) is 12.1 Å². The summed E-state index contributed by atoms with van der Waals surface area (Å²) in [6.07, 6.45) is 6.47. The second kappa shape index (κ2) is 12.2. The number of nitrogens with one attached hydrogen (secondary N) is 1. The predicted octanol–water partition coefficient (Wildman–Crippen LogP) is 3.29. The molecule has 1 N–H and O–H groups in total. The first kappa shape index (κ1) is 23.7. The molecule has 0 saturated carbocycles. The molecule has 2 rings (SSSR count). The Hall–Kier alpha value is -1.35. The molecule has 0 aliphatic carbocycles. The lowest BCUT2D eigenvalue weighted by Crippen LogP contribution is -2.45. The van der Waals surface area contributed by atoms with Crippen LogP contribution in [-0.4, -0.2) is 61.8 Å². The number of hydrogen-bond acceptors (Lipinski definition) is 4. The van der Waals surface area contributed by atoms with Crippen molar-refractivity contribution in [3.8, 4) is 0 Å². The summed E-state index contributed by atoms with van der Waals surface area (Å²) in [5.41, 5.74) is 1.14. The lowest BCUT2D eigenvalue weighted by atomic mass is 10.2. The van der Waals surface area contributed by atoms with Gasteiger partial charge >= 0.3 is 0 Å². The van der Waals surface area contributed by atoms with E-state index in [1.54, 1.807) is 0 Å². The number of nitrogens with zero attached hydrogens (tertiary/aromatic N) is 4. The molecule has 0 bridgehead atoms. The molecule has 0 amide bonds. The van der Waals surface area contributed by atoms with Gasteiger partial charge in [0.05, 0.1) is 12.2 Å². The summed E-state index contributed by atoms with van der Waals surface area (Å²) in [6.45, 7) is 11.4. The molecule has 6 nitrogen and oxygen atoms in total. The average Bonchev–Trinajstić information content (AvgIpc) is 2.62. The third-order valence-corrected chi connectivity index (χ3v) is 4.48. The molecule has 2 unspecified atom stereocenters. The molecule has 1 saturated heterocycles. The van der Waals surface area contributed by atoms with E-state index in [0.717, 1.165) is 49.8 Å². The molecular formula is C20H34IN5O. The van der Waals surface area contributed by atoms with Crippen LogP contribution in [0.3, 0.4) is 0 Å². The quantitative estimate of drug-likeness (QED) is 0.210. The molecule has 1 aromatic heterocycles. The number of allylic oxidation sites excluding steroid dienone is 1. The highest BCUT2D eigenvalue weighted by atomic mass is 127. The maximum Gasteiger partial charge on any atom is 0.193 e. The fourth-order valence-corrected chi connectivity index (χ4v) is 3.22. The number of aliphatic imine (C=N–C) groups is 1. The second-order valence-electron chi connectivity index (χ2n) is 6.94. The molecule has 0 aromatic carbocycles. The lowest BCUT2D eigenvalue weighted by molar-refractivity contribution is -0.00545. The summed E-state index contributed by atoms with van der Waals surface area (Å²) in [4.78, 5) is 13.4. The van der Waals surface area contributed by atoms with E-state index in [-0.39, 0.29) is 36.2 Å². The van der Waals surface area contributed by atoms with Crippen molar-refractivity contribution in [1.29, 1.82) is 0 Å². The Labute approximate surface area is 181 Å². The Morgan fingerprint density at radius 1 is 1.41 bits per heavy atom. The van der Waals surface area contributed by atoms with Crippen molar-refractivity contribution >= 4 is 35.8 Å². The summed E-state index contributed by atoms with van der Waals surface area (Å²) in [5, 5.41) is 3.40. The lowest BCUT2D eigenvalue weighted by Gasteiger charge is -2.36. The van der Waals surface area contributed by atoms with Crippen LogP contribution in [0.5, 0.6) is 0 Å². The zero-order valence-electron chi connectivity index (χ0n) is 17.0. The van der Waals surface area contributed by atoms with Gasteiger partial charge in [-0.3, -0.25) is 4.99 Å². The van der Waals surface area contributed by atoms with E-state index >= 15 is 0 Å². The van der Waals surface area contributed by atoms with Crippen LogP contribution in [-0.2, 0) is 11.3 Å². The first-order valence-electron chi connectivity index (χ1n) is 9.41. The van der Waals surface area contributed by atoms with Crippen LogP contribution in [0.15, 0.2) is 36.0 Å². The zero-order valence-corrected chi connectivity index (χ0v) is 19.3. The first-order chi connectivity index (χ1) is 12.5. The van der Waals surface area contributed by atoms with E-state index in [0.29, 0.717) is 6.54 Å². The Bertz CT molecular complexity index is 583. The summed E-state index contributed by atoms with van der Waals surface area (Å²) in [5.74, 6) is 1.91. The van der Waals surface area contributed by atoms with Crippen LogP contribution < -0.4 is 10.2 Å². The summed E-state index contributed by atoms with van der Waals surface area (Å²) >= 11 is 0. The van der Waals surface area contributed by atoms with Crippen molar-refractivity contribution in [3.05, 3.63) is 36.5 Å². The molecule has 27 heavy (non-hydrogen) atoms. The number of aromatic nitrogens is 1. The molecule has 7 heteroatoms. The van der Waals surface area contributed by atoms with E-state index in [2.05, 4.69) is 64.7 Å². The SMILES string of the molecule is C=CCCCN(C)C(=NC)NCc1ccc(N2CC(C)OC(C)C2)nc1.I. The Balaban J connectivity index is 0.00000364. The van der Waals surface area contributed by atoms with Crippen LogP contribution in [0.4, 0.5) is 5.82 Å². The molecule has 1 aliphatic rings. The van der Waals surface area contributed by atoms with Gasteiger partial charge in [0.15, 0.2) is 5.96 Å². The van der Waals surface area contributed by atoms with Crippen molar-refractivity contribution < 1.29 is 4.74 Å². The molecule has 1 fully saturated rings. The van der Waals surface area contributed by atoms with Crippen molar-refractivity contribution in [2.75, 3.05) is 38.6 Å². The van der Waals surface area contributed by atoms with Crippen molar-refractivity contribution in [1.82, 2.24) is 15.2 Å². The number of rotatable bonds is 7. The van der Waals surface area contributed by atoms with Gasteiger partial charge in [0.1, 0.15) is 5.82 Å². The molecule has 2 heterocycles. The number of ether oxygens (including phenoxy) is 1. The standard InChI is InChI=1S/C20H33N5O.HI/c1-6-7-8-11-24(5)20(21-4)23-13-18-9-10-19(22-12-18)25-14-16(2)26-17(3)15-25;/h6,9-10,12,16-17H,1,7-8,11,13-15H2,2-5H3,(H,21,23);1H. The summed E-state index contributed by atoms with van der Waals surface area (Å²) < 4.78 is 5.79. The minimum absolute atomic E-state index is 0. The molecule has 2 atom stereocenters. The smallest absolute Gasteiger partial charge is 0.193 e. The number of pyridine rings is 1. The highest BCUT2D eigenvalue weighted by molar-refractivity contribution is 14.0. The fraction of sp³-hybridized carbons (Fsp3) is 0.600. The van der Waals surface area contributed by atoms with Gasteiger partial charge < -0.3 is 19.9 Å². The van der Waals surface area contributed by atoms with Gasteiger partial charge in [-0.25, -0.2) is 4.98 Å². The summed E-state index contributed by atoms with van der Waals surface area (Å²) in [7, 11) is 3.87. The number of anilines is 1. The van der Waals surface area contributed by atoms with Crippen LogP contribution in [0.25, 0.3) is 0 Å². The fourth-order valence-electron chi connectivity index (χ4n) is 3.22. The van der Waals surface area contributed by atoms with Gasteiger partial charge in [0.2, 0.25) is 0 Å². The Kier molecular flexibility index (Phi) is 10.7. The third-order valence-electron chi connectivity index (χ3n) is 4.48. The third kappa shape index (κ3) is 7.65. The minimum atomic E-state index is 0. The number of halogens is 1. The van der Waals surface area contributed by atoms with E-state index in [1.165, 1.54) is 0 Å². The average molecular weight is 487 g/mol. The van der Waals surface area contributed by atoms with Crippen molar-refractivity contribution in [2.45, 2.75) is 45.4 Å². The zero-order chi connectivity index (χ0) is 18.9. The van der Waals surface area contributed by atoms with Crippen LogP contribution in [0.2, 0.25) is 0 Å². The van der Waals surface area contributed by atoms with Gasteiger partial charge in [0.25, 0.3) is 0 Å². The van der Waals surface area contributed by atoms with E-state index in [1.807, 2.05) is 19.3 Å². The highest BCUT2D eigenvalue weighted by Crippen LogP contribution is 2.18. The number of hydrogen-bond donors (Lipinski definition) is 1. The van der Waals surface area contributed by atoms with E-state index in [9.17, 15) is 0 Å². The van der Waals surface area contributed by atoms with Gasteiger partial charge in [0, 0.05) is 46.5 Å². The maximum atomic E-state index is 5.79. The van der Waals surface area contributed by atoms with Gasteiger partial charge in [-0.05, 0) is 38.3 Å². The first-order valence-corrected chi connectivity index (χ1v) is 9.41. The van der Waals surface area contributed by atoms with Crippen LogP contribution in [0.1, 0.15) is 32.3 Å². The van der Waals surface area contributed by atoms with Crippen LogP contribution in [0, 0.1) is 0 Å². The molecule has 0 radical (unpaired) electrons. The maximum absolute atomic E-state index is 5.79. The largest absolute Gasteiger partial charge is 0.372 e. The van der Waals surface area contributed by atoms with Gasteiger partial charge in [-0.15, -0.1) is 30.6 Å². The molecule has 1 aromatic rings. The monoisotopic (exact) mass is 487 g/mol. The number of unbranched alkanes of at least 4 members (excludes halogenated alkanes) is 1. The number of guanidine groups is 1. The normalized spacial score (nSPS) is 20.0. The van der Waals surface area contributed by atoms with Crippen molar-refractivity contribution in [3.63, 3.8) is 0 Å². The van der Waals surface area contributed by atoms with Crippen molar-refractivity contribution in [2.24, 2.45) is 4.99 Å². The van der Waals surface area contributed by atoms with E-state index in [4.69, 9.17) is 4.74 Å². The molecular weight excluding hydrogens is 453 g/mol. The van der Waals surface area contributed by atoms with Gasteiger partial charge in [-0.2, -0.15) is 0 Å². The summed E-state index contributed by atoms with van der Waals surface area (Å²) in [6, 6.07) is 4.23. The highest BCUT2D eigenvalue weighted by Gasteiger charge is 2.22. The van der Waals surface area contributed by atoms with Crippen LogP contribution >= 0.6 is 24.0 Å². The Morgan fingerprint density at radius 2 is 2.11 bits per heavy atom. The molecule has 1 aliphatic heterocycles. The molecule has 0 spiro atoms.